The normalized spacial score (nSPS) is 10.3. The van der Waals surface area contributed by atoms with Gasteiger partial charge < -0.3 is 20.3 Å². The lowest BCUT2D eigenvalue weighted by molar-refractivity contribution is -0.135. The molecule has 1 heterocycles. The molecular weight excluding hydrogens is 338 g/mol. The van der Waals surface area contributed by atoms with E-state index < -0.39 is 24.3 Å². The number of carboxylic acids is 1. The highest BCUT2D eigenvalue weighted by molar-refractivity contribution is 6.34. The number of nitrogens with one attached hydrogen (secondary N) is 2. The molecule has 0 radical (unpaired) electrons. The van der Waals surface area contributed by atoms with Crippen molar-refractivity contribution in [2.75, 3.05) is 11.9 Å². The van der Waals surface area contributed by atoms with Gasteiger partial charge in [-0.2, -0.15) is 0 Å². The summed E-state index contributed by atoms with van der Waals surface area (Å²) in [5.74, 6) is -1.81. The first-order valence-electron chi connectivity index (χ1n) is 6.83. The van der Waals surface area contributed by atoms with Gasteiger partial charge in [-0.15, -0.1) is 0 Å². The maximum Gasteiger partial charge on any atom is 0.322 e. The molecule has 9 heteroatoms. The fourth-order valence-electron chi connectivity index (χ4n) is 2.03. The summed E-state index contributed by atoms with van der Waals surface area (Å²) in [6.07, 6.45) is 0. The van der Waals surface area contributed by atoms with Gasteiger partial charge in [-0.1, -0.05) is 16.8 Å². The largest absolute Gasteiger partial charge is 0.480 e. The number of carbonyl (C=O) groups is 3. The minimum absolute atomic E-state index is 0.0782. The maximum atomic E-state index is 12.2. The Balaban J connectivity index is 2.13. The van der Waals surface area contributed by atoms with Gasteiger partial charge >= 0.3 is 5.97 Å². The van der Waals surface area contributed by atoms with E-state index in [0.29, 0.717) is 22.7 Å². The molecule has 0 spiro atoms. The van der Waals surface area contributed by atoms with Crippen LogP contribution >= 0.6 is 11.6 Å². The van der Waals surface area contributed by atoms with E-state index >= 15 is 0 Å². The van der Waals surface area contributed by atoms with Crippen LogP contribution in [0, 0.1) is 13.8 Å². The second-order valence-corrected chi connectivity index (χ2v) is 5.33. The molecule has 2 aromatic rings. The Morgan fingerprint density at radius 3 is 2.50 bits per heavy atom. The van der Waals surface area contributed by atoms with Crippen molar-refractivity contribution in [2.24, 2.45) is 0 Å². The van der Waals surface area contributed by atoms with E-state index in [1.165, 1.54) is 18.2 Å². The highest BCUT2D eigenvalue weighted by Gasteiger charge is 2.18. The Labute approximate surface area is 141 Å². The van der Waals surface area contributed by atoms with Crippen molar-refractivity contribution >= 4 is 35.1 Å². The molecule has 0 aliphatic heterocycles. The summed E-state index contributed by atoms with van der Waals surface area (Å²) in [6, 6.07) is 4.27. The number of aliphatic carboxylic acids is 1. The van der Waals surface area contributed by atoms with E-state index in [0.717, 1.165) is 0 Å². The van der Waals surface area contributed by atoms with Gasteiger partial charge in [0.2, 0.25) is 0 Å². The quantitative estimate of drug-likeness (QED) is 0.757. The van der Waals surface area contributed by atoms with Crippen molar-refractivity contribution < 1.29 is 24.0 Å². The molecule has 0 aliphatic rings. The molecule has 0 bridgehead atoms. The molecule has 0 unspecified atom stereocenters. The third-order valence-electron chi connectivity index (χ3n) is 3.13. The lowest BCUT2D eigenvalue weighted by atomic mass is 10.1. The van der Waals surface area contributed by atoms with Crippen molar-refractivity contribution in [3.05, 3.63) is 45.8 Å². The molecule has 24 heavy (non-hydrogen) atoms. The molecule has 2 amide bonds. The van der Waals surface area contributed by atoms with Gasteiger partial charge in [-0.3, -0.25) is 14.4 Å². The minimum atomic E-state index is -1.16. The molecule has 8 nitrogen and oxygen atoms in total. The Morgan fingerprint density at radius 1 is 1.25 bits per heavy atom. The molecule has 3 N–H and O–H groups in total. The molecule has 0 saturated carbocycles. The zero-order valence-electron chi connectivity index (χ0n) is 12.8. The van der Waals surface area contributed by atoms with E-state index in [4.69, 9.17) is 21.2 Å². The van der Waals surface area contributed by atoms with E-state index in [1.54, 1.807) is 13.8 Å². The van der Waals surface area contributed by atoms with Gasteiger partial charge in [0.05, 0.1) is 16.3 Å². The predicted octanol–water partition coefficient (Wildman–Crippen LogP) is 2.01. The molecule has 0 fully saturated rings. The molecule has 1 aromatic heterocycles. The van der Waals surface area contributed by atoms with Gasteiger partial charge in [-0.25, -0.2) is 0 Å². The third kappa shape index (κ3) is 3.90. The number of halogens is 1. The van der Waals surface area contributed by atoms with Crippen LogP contribution in [-0.4, -0.2) is 34.6 Å². The van der Waals surface area contributed by atoms with Crippen LogP contribution in [0.5, 0.6) is 0 Å². The van der Waals surface area contributed by atoms with Crippen LogP contribution in [0.4, 0.5) is 5.69 Å². The molecule has 0 atom stereocenters. The third-order valence-corrected chi connectivity index (χ3v) is 3.44. The number of anilines is 1. The van der Waals surface area contributed by atoms with E-state index in [2.05, 4.69) is 15.8 Å². The number of aromatic nitrogens is 1. The van der Waals surface area contributed by atoms with Crippen molar-refractivity contribution in [3.8, 4) is 0 Å². The van der Waals surface area contributed by atoms with Crippen LogP contribution in [0.3, 0.4) is 0 Å². The Hall–Kier alpha value is -2.87. The van der Waals surface area contributed by atoms with Gasteiger partial charge in [-0.05, 0) is 32.0 Å². The fourth-order valence-corrected chi connectivity index (χ4v) is 2.30. The van der Waals surface area contributed by atoms with Gasteiger partial charge in [0, 0.05) is 5.69 Å². The minimum Gasteiger partial charge on any atom is -0.480 e. The number of carboxylic acid groups (broad SMARTS) is 1. The molecule has 0 saturated heterocycles. The summed E-state index contributed by atoms with van der Waals surface area (Å²) < 4.78 is 4.94. The van der Waals surface area contributed by atoms with E-state index in [1.807, 2.05) is 0 Å². The summed E-state index contributed by atoms with van der Waals surface area (Å²) in [6.45, 7) is 2.76. The van der Waals surface area contributed by atoms with Crippen LogP contribution in [-0.2, 0) is 4.79 Å². The van der Waals surface area contributed by atoms with Crippen molar-refractivity contribution in [3.63, 3.8) is 0 Å². The van der Waals surface area contributed by atoms with Crippen LogP contribution in [0.25, 0.3) is 0 Å². The number of hydrogen-bond donors (Lipinski definition) is 3. The Morgan fingerprint density at radius 2 is 1.96 bits per heavy atom. The zero-order chi connectivity index (χ0) is 17.9. The number of amides is 2. The van der Waals surface area contributed by atoms with Crippen LogP contribution in [0.1, 0.15) is 32.2 Å². The molecule has 126 valence electrons. The summed E-state index contributed by atoms with van der Waals surface area (Å²) in [7, 11) is 0. The lowest BCUT2D eigenvalue weighted by Gasteiger charge is -2.08. The van der Waals surface area contributed by atoms with E-state index in [9.17, 15) is 14.4 Å². The van der Waals surface area contributed by atoms with Crippen LogP contribution in [0.2, 0.25) is 5.02 Å². The maximum absolute atomic E-state index is 12.2. The summed E-state index contributed by atoms with van der Waals surface area (Å²) in [4.78, 5) is 34.5. The predicted molar refractivity (Wildman–Crippen MR) is 85.4 cm³/mol. The number of rotatable bonds is 5. The highest BCUT2D eigenvalue weighted by Crippen LogP contribution is 2.22. The first-order chi connectivity index (χ1) is 11.3. The number of carbonyl (C=O) groups excluding carboxylic acids is 2. The number of hydrogen-bond acceptors (Lipinski definition) is 5. The fraction of sp³-hybridized carbons (Fsp3) is 0.200. The smallest absolute Gasteiger partial charge is 0.322 e. The second-order valence-electron chi connectivity index (χ2n) is 4.92. The Bertz CT molecular complexity index is 796. The highest BCUT2D eigenvalue weighted by atomic mass is 35.5. The first-order valence-corrected chi connectivity index (χ1v) is 7.21. The number of nitrogens with zero attached hydrogens (tertiary/aromatic N) is 1. The second kappa shape index (κ2) is 7.14. The first kappa shape index (κ1) is 17.5. The summed E-state index contributed by atoms with van der Waals surface area (Å²) in [5.41, 5.74) is 1.27. The monoisotopic (exact) mass is 351 g/mol. The van der Waals surface area contributed by atoms with Gasteiger partial charge in [0.15, 0.2) is 0 Å². The van der Waals surface area contributed by atoms with Crippen LogP contribution < -0.4 is 10.6 Å². The van der Waals surface area contributed by atoms with Crippen molar-refractivity contribution in [1.29, 1.82) is 0 Å². The number of aryl methyl sites for hydroxylation is 2. The molecular formula is C15H14ClN3O5. The van der Waals surface area contributed by atoms with Crippen LogP contribution in [0.15, 0.2) is 22.7 Å². The average Bonchev–Trinajstić information content (AvgIpc) is 2.84. The molecule has 0 aliphatic carbocycles. The molecule has 2 rings (SSSR count). The Kier molecular flexibility index (Phi) is 5.20. The standard InChI is InChI=1S/C15H14ClN3O5/c1-7-13(8(2)24-19-7)15(23)18-9-3-4-10(11(16)5-9)14(22)17-6-12(20)21/h3-5H,6H2,1-2H3,(H,17,22)(H,18,23)(H,20,21). The summed E-state index contributed by atoms with van der Waals surface area (Å²) >= 11 is 6.02. The number of benzene rings is 1. The SMILES string of the molecule is Cc1noc(C)c1C(=O)Nc1ccc(C(=O)NCC(=O)O)c(Cl)c1. The van der Waals surface area contributed by atoms with Crippen molar-refractivity contribution in [2.45, 2.75) is 13.8 Å². The van der Waals surface area contributed by atoms with Crippen molar-refractivity contribution in [1.82, 2.24) is 10.5 Å². The lowest BCUT2D eigenvalue weighted by Crippen LogP contribution is -2.29. The molecule has 1 aromatic carbocycles. The average molecular weight is 352 g/mol. The topological polar surface area (TPSA) is 122 Å². The van der Waals surface area contributed by atoms with Gasteiger partial charge in [0.1, 0.15) is 17.9 Å². The summed E-state index contributed by atoms with van der Waals surface area (Å²) in [5, 5.41) is 17.2. The van der Waals surface area contributed by atoms with E-state index in [-0.39, 0.29) is 10.6 Å². The van der Waals surface area contributed by atoms with Gasteiger partial charge in [0.25, 0.3) is 11.8 Å². The zero-order valence-corrected chi connectivity index (χ0v) is 13.6.